The van der Waals surface area contributed by atoms with Crippen molar-refractivity contribution >= 4 is 6.03 Å². The van der Waals surface area contributed by atoms with E-state index in [0.717, 1.165) is 45.6 Å². The molecule has 0 bridgehead atoms. The van der Waals surface area contributed by atoms with Crippen LogP contribution >= 0.6 is 0 Å². The molecule has 0 spiro atoms. The molecule has 0 unspecified atom stereocenters. The Morgan fingerprint density at radius 3 is 2.44 bits per heavy atom. The van der Waals surface area contributed by atoms with E-state index in [2.05, 4.69) is 24.2 Å². The lowest BCUT2D eigenvalue weighted by Crippen LogP contribution is -2.43. The summed E-state index contributed by atoms with van der Waals surface area (Å²) in [5.41, 5.74) is 0. The van der Waals surface area contributed by atoms with E-state index in [4.69, 9.17) is 0 Å². The molecule has 0 aromatic rings. The summed E-state index contributed by atoms with van der Waals surface area (Å²) in [4.78, 5) is 16.0. The highest BCUT2D eigenvalue weighted by molar-refractivity contribution is 5.74. The molecule has 1 rings (SSSR count). The van der Waals surface area contributed by atoms with E-state index in [1.54, 1.807) is 0 Å². The predicted octanol–water partition coefficient (Wildman–Crippen LogP) is 1.52. The quantitative estimate of drug-likeness (QED) is 0.790. The maximum atomic E-state index is 11.8. The van der Waals surface area contributed by atoms with Crippen molar-refractivity contribution in [3.63, 3.8) is 0 Å². The summed E-state index contributed by atoms with van der Waals surface area (Å²) in [5.74, 6) is 0. The third-order valence-electron chi connectivity index (χ3n) is 3.20. The number of rotatable bonds is 4. The molecule has 4 heteroatoms. The predicted molar refractivity (Wildman–Crippen MR) is 66.6 cm³/mol. The number of hydrogen-bond acceptors (Lipinski definition) is 2. The minimum Gasteiger partial charge on any atom is -0.337 e. The van der Waals surface area contributed by atoms with Crippen molar-refractivity contribution in [2.45, 2.75) is 32.6 Å². The molecule has 1 N–H and O–H groups in total. The number of likely N-dealkylation sites (tertiary alicyclic amines) is 1. The van der Waals surface area contributed by atoms with E-state index in [-0.39, 0.29) is 6.03 Å². The number of carbonyl (C=O) groups is 1. The van der Waals surface area contributed by atoms with E-state index in [9.17, 15) is 4.79 Å². The maximum Gasteiger partial charge on any atom is 0.317 e. The molecule has 1 aliphatic heterocycles. The largest absolute Gasteiger partial charge is 0.337 e. The molecular formula is C12H25N3O. The average molecular weight is 227 g/mol. The van der Waals surface area contributed by atoms with Crippen molar-refractivity contribution in [3.8, 4) is 0 Å². The molecule has 16 heavy (non-hydrogen) atoms. The van der Waals surface area contributed by atoms with Crippen LogP contribution in [0.25, 0.3) is 0 Å². The Labute approximate surface area is 99.0 Å². The van der Waals surface area contributed by atoms with Crippen molar-refractivity contribution in [2.24, 2.45) is 0 Å². The highest BCUT2D eigenvalue weighted by Crippen LogP contribution is 2.09. The smallest absolute Gasteiger partial charge is 0.317 e. The lowest BCUT2D eigenvalue weighted by molar-refractivity contribution is 0.198. The standard InChI is InChI=1S/C12H25N3O/c1-3-14(2)11-8-13-12(16)15-9-6-4-5-7-10-15/h3-11H2,1-2H3,(H,13,16). The summed E-state index contributed by atoms with van der Waals surface area (Å²) >= 11 is 0. The first-order valence-electron chi connectivity index (χ1n) is 6.45. The van der Waals surface area contributed by atoms with Crippen molar-refractivity contribution in [2.75, 3.05) is 39.8 Å². The highest BCUT2D eigenvalue weighted by atomic mass is 16.2. The second kappa shape index (κ2) is 7.49. The molecule has 2 amide bonds. The van der Waals surface area contributed by atoms with Gasteiger partial charge in [0, 0.05) is 26.2 Å². The van der Waals surface area contributed by atoms with Gasteiger partial charge in [-0.15, -0.1) is 0 Å². The first-order valence-corrected chi connectivity index (χ1v) is 6.45. The summed E-state index contributed by atoms with van der Waals surface area (Å²) in [5, 5.41) is 2.99. The SMILES string of the molecule is CCN(C)CCNC(=O)N1CCCCCC1. The van der Waals surface area contributed by atoms with Crippen LogP contribution in [0, 0.1) is 0 Å². The normalized spacial score (nSPS) is 17.3. The number of likely N-dealkylation sites (N-methyl/N-ethyl adjacent to an activating group) is 1. The number of nitrogens with one attached hydrogen (secondary N) is 1. The molecule has 1 heterocycles. The molecule has 0 saturated carbocycles. The highest BCUT2D eigenvalue weighted by Gasteiger charge is 2.14. The van der Waals surface area contributed by atoms with E-state index in [1.165, 1.54) is 12.8 Å². The molecule has 0 radical (unpaired) electrons. The second-order valence-corrected chi connectivity index (χ2v) is 4.53. The fourth-order valence-electron chi connectivity index (χ4n) is 1.90. The Morgan fingerprint density at radius 1 is 1.25 bits per heavy atom. The Morgan fingerprint density at radius 2 is 1.88 bits per heavy atom. The molecule has 94 valence electrons. The molecule has 4 nitrogen and oxygen atoms in total. The van der Waals surface area contributed by atoms with Gasteiger partial charge in [0.1, 0.15) is 0 Å². The van der Waals surface area contributed by atoms with E-state index < -0.39 is 0 Å². The van der Waals surface area contributed by atoms with Gasteiger partial charge >= 0.3 is 6.03 Å². The summed E-state index contributed by atoms with van der Waals surface area (Å²) in [6.45, 7) is 6.68. The molecule has 0 atom stereocenters. The van der Waals surface area contributed by atoms with Crippen LogP contribution in [0.1, 0.15) is 32.6 Å². The van der Waals surface area contributed by atoms with Gasteiger partial charge in [0.2, 0.25) is 0 Å². The van der Waals surface area contributed by atoms with Gasteiger partial charge in [0.25, 0.3) is 0 Å². The van der Waals surface area contributed by atoms with Crippen molar-refractivity contribution in [1.82, 2.24) is 15.1 Å². The fourth-order valence-corrected chi connectivity index (χ4v) is 1.90. The average Bonchev–Trinajstić information content (AvgIpc) is 2.57. The Bertz CT molecular complexity index is 200. The zero-order valence-corrected chi connectivity index (χ0v) is 10.7. The topological polar surface area (TPSA) is 35.6 Å². The van der Waals surface area contributed by atoms with E-state index in [1.807, 2.05) is 4.90 Å². The van der Waals surface area contributed by atoms with Crippen molar-refractivity contribution < 1.29 is 4.79 Å². The number of amides is 2. The van der Waals surface area contributed by atoms with Crippen LogP contribution in [0.2, 0.25) is 0 Å². The molecule has 1 saturated heterocycles. The number of hydrogen-bond donors (Lipinski definition) is 1. The molecule has 0 aromatic heterocycles. The number of nitrogens with zero attached hydrogens (tertiary/aromatic N) is 2. The third kappa shape index (κ3) is 4.84. The van der Waals surface area contributed by atoms with Gasteiger partial charge in [-0.1, -0.05) is 19.8 Å². The fraction of sp³-hybridized carbons (Fsp3) is 0.917. The van der Waals surface area contributed by atoms with Crippen LogP contribution in [0.3, 0.4) is 0 Å². The van der Waals surface area contributed by atoms with Gasteiger partial charge in [0.05, 0.1) is 0 Å². The molecule has 0 aromatic carbocycles. The van der Waals surface area contributed by atoms with Gasteiger partial charge in [-0.05, 0) is 26.4 Å². The summed E-state index contributed by atoms with van der Waals surface area (Å²) < 4.78 is 0. The van der Waals surface area contributed by atoms with Gasteiger partial charge in [-0.2, -0.15) is 0 Å². The number of urea groups is 1. The van der Waals surface area contributed by atoms with Crippen LogP contribution in [-0.4, -0.2) is 55.6 Å². The minimum atomic E-state index is 0.117. The van der Waals surface area contributed by atoms with E-state index >= 15 is 0 Å². The first kappa shape index (κ1) is 13.3. The zero-order valence-electron chi connectivity index (χ0n) is 10.7. The Balaban J connectivity index is 2.17. The molecule has 0 aliphatic carbocycles. The third-order valence-corrected chi connectivity index (χ3v) is 3.20. The lowest BCUT2D eigenvalue weighted by Gasteiger charge is -2.21. The van der Waals surface area contributed by atoms with Gasteiger partial charge in [0.15, 0.2) is 0 Å². The van der Waals surface area contributed by atoms with Crippen LogP contribution in [-0.2, 0) is 0 Å². The van der Waals surface area contributed by atoms with Gasteiger partial charge < -0.3 is 15.1 Å². The monoisotopic (exact) mass is 227 g/mol. The lowest BCUT2D eigenvalue weighted by atomic mass is 10.2. The molecule has 1 aliphatic rings. The molecule has 1 fully saturated rings. The zero-order chi connectivity index (χ0) is 11.8. The Hall–Kier alpha value is -0.770. The van der Waals surface area contributed by atoms with Gasteiger partial charge in [-0.3, -0.25) is 0 Å². The van der Waals surface area contributed by atoms with E-state index in [0.29, 0.717) is 0 Å². The summed E-state index contributed by atoms with van der Waals surface area (Å²) in [6, 6.07) is 0.117. The van der Waals surface area contributed by atoms with Crippen LogP contribution in [0.5, 0.6) is 0 Å². The second-order valence-electron chi connectivity index (χ2n) is 4.53. The van der Waals surface area contributed by atoms with Crippen molar-refractivity contribution in [1.29, 1.82) is 0 Å². The summed E-state index contributed by atoms with van der Waals surface area (Å²) in [6.07, 6.45) is 4.84. The van der Waals surface area contributed by atoms with Gasteiger partial charge in [-0.25, -0.2) is 4.79 Å². The maximum absolute atomic E-state index is 11.8. The van der Waals surface area contributed by atoms with Crippen molar-refractivity contribution in [3.05, 3.63) is 0 Å². The minimum absolute atomic E-state index is 0.117. The van der Waals surface area contributed by atoms with Crippen LogP contribution < -0.4 is 5.32 Å². The van der Waals surface area contributed by atoms with Crippen LogP contribution in [0.15, 0.2) is 0 Å². The molecular weight excluding hydrogens is 202 g/mol. The Kier molecular flexibility index (Phi) is 6.23. The summed E-state index contributed by atoms with van der Waals surface area (Å²) in [7, 11) is 2.07. The first-order chi connectivity index (χ1) is 7.74. The van der Waals surface area contributed by atoms with Crippen LogP contribution in [0.4, 0.5) is 4.79 Å². The number of carbonyl (C=O) groups excluding carboxylic acids is 1.